The Balaban J connectivity index is 2.32. The van der Waals surface area contributed by atoms with Crippen LogP contribution < -0.4 is 10.6 Å². The molecule has 5 heteroatoms. The molecule has 0 atom stereocenters. The number of aromatic nitrogens is 1. The second kappa shape index (κ2) is 4.50. The molecular formula is C7H9N3OS. The highest BCUT2D eigenvalue weighted by Gasteiger charge is 1.97. The van der Waals surface area contributed by atoms with Crippen molar-refractivity contribution in [3.8, 4) is 0 Å². The molecule has 0 aliphatic carbocycles. The van der Waals surface area contributed by atoms with Crippen molar-refractivity contribution in [2.24, 2.45) is 0 Å². The standard InChI is InChI=1S/C7H9N3OS/c1-2-3-9-7(12)10-6-8-4-5-11-6/h2,4-5H,1,3H2,(H2,8,9,10,12). The van der Waals surface area contributed by atoms with Crippen LogP contribution in [0.3, 0.4) is 0 Å². The number of oxazole rings is 1. The predicted molar refractivity (Wildman–Crippen MR) is 50.9 cm³/mol. The van der Waals surface area contributed by atoms with E-state index in [9.17, 15) is 0 Å². The summed E-state index contributed by atoms with van der Waals surface area (Å²) in [5.74, 6) is 0. The van der Waals surface area contributed by atoms with Gasteiger partial charge in [0.2, 0.25) is 0 Å². The molecule has 1 heterocycles. The summed E-state index contributed by atoms with van der Waals surface area (Å²) >= 11 is 4.90. The zero-order valence-corrected chi connectivity index (χ0v) is 7.23. The minimum absolute atomic E-state index is 0.386. The van der Waals surface area contributed by atoms with E-state index in [1.54, 1.807) is 12.3 Å². The van der Waals surface area contributed by atoms with Gasteiger partial charge in [-0.15, -0.1) is 6.58 Å². The zero-order chi connectivity index (χ0) is 8.81. The molecule has 1 rings (SSSR count). The number of anilines is 1. The highest BCUT2D eigenvalue weighted by molar-refractivity contribution is 7.80. The Morgan fingerprint density at radius 2 is 2.67 bits per heavy atom. The van der Waals surface area contributed by atoms with E-state index in [1.165, 1.54) is 6.26 Å². The fourth-order valence-electron chi connectivity index (χ4n) is 0.591. The van der Waals surface area contributed by atoms with E-state index < -0.39 is 0 Å². The summed E-state index contributed by atoms with van der Waals surface area (Å²) in [6.07, 6.45) is 4.72. The molecule has 0 bridgehead atoms. The number of rotatable bonds is 3. The van der Waals surface area contributed by atoms with Crippen LogP contribution in [0.15, 0.2) is 29.5 Å². The van der Waals surface area contributed by atoms with Gasteiger partial charge in [-0.2, -0.15) is 0 Å². The Kier molecular flexibility index (Phi) is 3.28. The van der Waals surface area contributed by atoms with Crippen LogP contribution in [-0.4, -0.2) is 16.6 Å². The van der Waals surface area contributed by atoms with Crippen LogP contribution in [0.5, 0.6) is 0 Å². The van der Waals surface area contributed by atoms with E-state index in [0.29, 0.717) is 17.7 Å². The number of nitrogens with zero attached hydrogens (tertiary/aromatic N) is 1. The first-order chi connectivity index (χ1) is 5.83. The molecule has 2 N–H and O–H groups in total. The summed E-state index contributed by atoms with van der Waals surface area (Å²) in [6.45, 7) is 4.16. The molecule has 0 radical (unpaired) electrons. The molecule has 0 aromatic carbocycles. The van der Waals surface area contributed by atoms with E-state index in [0.717, 1.165) is 0 Å². The molecule has 12 heavy (non-hydrogen) atoms. The van der Waals surface area contributed by atoms with Crippen molar-refractivity contribution in [2.75, 3.05) is 11.9 Å². The molecule has 0 saturated carbocycles. The number of hydrogen-bond acceptors (Lipinski definition) is 3. The second-order valence-corrected chi connectivity index (χ2v) is 2.37. The molecule has 4 nitrogen and oxygen atoms in total. The molecule has 0 unspecified atom stereocenters. The Morgan fingerprint density at radius 3 is 3.25 bits per heavy atom. The van der Waals surface area contributed by atoms with Crippen LogP contribution in [0.2, 0.25) is 0 Å². The molecule has 0 aliphatic rings. The lowest BCUT2D eigenvalue weighted by atomic mass is 10.6. The topological polar surface area (TPSA) is 50.1 Å². The van der Waals surface area contributed by atoms with E-state index in [-0.39, 0.29) is 0 Å². The van der Waals surface area contributed by atoms with E-state index >= 15 is 0 Å². The van der Waals surface area contributed by atoms with Crippen molar-refractivity contribution in [3.05, 3.63) is 25.1 Å². The maximum Gasteiger partial charge on any atom is 0.300 e. The molecule has 0 saturated heterocycles. The molecule has 64 valence electrons. The van der Waals surface area contributed by atoms with Gasteiger partial charge in [0.1, 0.15) is 6.26 Å². The zero-order valence-electron chi connectivity index (χ0n) is 6.41. The maximum atomic E-state index is 4.91. The molecule has 0 fully saturated rings. The Morgan fingerprint density at radius 1 is 1.83 bits per heavy atom. The van der Waals surface area contributed by atoms with Crippen molar-refractivity contribution >= 4 is 23.3 Å². The van der Waals surface area contributed by atoms with Crippen LogP contribution in [0, 0.1) is 0 Å². The van der Waals surface area contributed by atoms with Gasteiger partial charge in [0.25, 0.3) is 0 Å². The molecule has 1 aromatic rings. The van der Waals surface area contributed by atoms with Gasteiger partial charge in [0, 0.05) is 6.54 Å². The van der Waals surface area contributed by atoms with Crippen LogP contribution in [0.25, 0.3) is 0 Å². The average Bonchev–Trinajstić information content (AvgIpc) is 2.53. The molecule has 0 aliphatic heterocycles. The fraction of sp³-hybridized carbons (Fsp3) is 0.143. The Hall–Kier alpha value is -1.36. The number of thiocarbonyl (C=S) groups is 1. The Bertz CT molecular complexity index is 258. The minimum atomic E-state index is 0.386. The van der Waals surface area contributed by atoms with Gasteiger partial charge in [-0.1, -0.05) is 6.08 Å². The van der Waals surface area contributed by atoms with Gasteiger partial charge in [-0.3, -0.25) is 5.32 Å². The molecular weight excluding hydrogens is 174 g/mol. The number of nitrogens with one attached hydrogen (secondary N) is 2. The van der Waals surface area contributed by atoms with E-state index in [2.05, 4.69) is 22.2 Å². The van der Waals surface area contributed by atoms with Gasteiger partial charge >= 0.3 is 6.01 Å². The summed E-state index contributed by atoms with van der Waals surface area (Å²) in [5.41, 5.74) is 0. The number of hydrogen-bond donors (Lipinski definition) is 2. The molecule has 0 spiro atoms. The van der Waals surface area contributed by atoms with Gasteiger partial charge < -0.3 is 9.73 Å². The first kappa shape index (κ1) is 8.73. The summed E-state index contributed by atoms with van der Waals surface area (Å²) in [5, 5.41) is 6.09. The quantitative estimate of drug-likeness (QED) is 0.543. The summed E-state index contributed by atoms with van der Waals surface area (Å²) < 4.78 is 4.91. The Labute approximate surface area is 75.7 Å². The summed E-state index contributed by atoms with van der Waals surface area (Å²) in [6, 6.07) is 0.386. The molecule has 0 amide bonds. The van der Waals surface area contributed by atoms with Gasteiger partial charge in [0.15, 0.2) is 5.11 Å². The van der Waals surface area contributed by atoms with Crippen LogP contribution >= 0.6 is 12.2 Å². The fourth-order valence-corrected chi connectivity index (χ4v) is 0.762. The van der Waals surface area contributed by atoms with Gasteiger partial charge in [-0.25, -0.2) is 4.98 Å². The third kappa shape index (κ3) is 2.71. The highest BCUT2D eigenvalue weighted by atomic mass is 32.1. The largest absolute Gasteiger partial charge is 0.432 e. The lowest BCUT2D eigenvalue weighted by molar-refractivity contribution is 0.578. The lowest BCUT2D eigenvalue weighted by Gasteiger charge is -2.03. The van der Waals surface area contributed by atoms with Crippen molar-refractivity contribution in [1.29, 1.82) is 0 Å². The normalized spacial score (nSPS) is 9.00. The van der Waals surface area contributed by atoms with Gasteiger partial charge in [-0.05, 0) is 12.2 Å². The first-order valence-electron chi connectivity index (χ1n) is 3.38. The summed E-state index contributed by atoms with van der Waals surface area (Å²) in [4.78, 5) is 3.83. The third-order valence-electron chi connectivity index (χ3n) is 1.06. The van der Waals surface area contributed by atoms with Crippen molar-refractivity contribution in [3.63, 3.8) is 0 Å². The van der Waals surface area contributed by atoms with Crippen molar-refractivity contribution < 1.29 is 4.42 Å². The van der Waals surface area contributed by atoms with Crippen LogP contribution in [-0.2, 0) is 0 Å². The monoisotopic (exact) mass is 183 g/mol. The smallest absolute Gasteiger partial charge is 0.300 e. The van der Waals surface area contributed by atoms with E-state index in [4.69, 9.17) is 16.6 Å². The summed E-state index contributed by atoms with van der Waals surface area (Å²) in [7, 11) is 0. The van der Waals surface area contributed by atoms with Gasteiger partial charge in [0.05, 0.1) is 6.20 Å². The SMILES string of the molecule is C=CCNC(=S)Nc1ncco1. The average molecular weight is 183 g/mol. The van der Waals surface area contributed by atoms with Crippen LogP contribution in [0.4, 0.5) is 6.01 Å². The molecule has 1 aromatic heterocycles. The predicted octanol–water partition coefficient (Wildman–Crippen LogP) is 1.15. The minimum Gasteiger partial charge on any atom is -0.432 e. The van der Waals surface area contributed by atoms with Crippen LogP contribution in [0.1, 0.15) is 0 Å². The van der Waals surface area contributed by atoms with Crippen molar-refractivity contribution in [2.45, 2.75) is 0 Å². The lowest BCUT2D eigenvalue weighted by Crippen LogP contribution is -2.28. The maximum absolute atomic E-state index is 4.91. The van der Waals surface area contributed by atoms with E-state index in [1.807, 2.05) is 0 Å². The highest BCUT2D eigenvalue weighted by Crippen LogP contribution is 1.99. The third-order valence-corrected chi connectivity index (χ3v) is 1.31. The second-order valence-electron chi connectivity index (χ2n) is 1.96. The van der Waals surface area contributed by atoms with Crippen molar-refractivity contribution in [1.82, 2.24) is 10.3 Å². The first-order valence-corrected chi connectivity index (χ1v) is 3.79.